The van der Waals surface area contributed by atoms with Gasteiger partial charge in [0.15, 0.2) is 5.65 Å². The number of amides is 1. The first kappa shape index (κ1) is 21.5. The number of benzene rings is 1. The standard InChI is InChI=1S/C23H27N7O2/c1-4-9-16(10-5-2)21(31)25-19-13-15(3)28-30(19)23-26-20-18(22(32)27-23)14-24-29(20)17-11-7-6-8-12-17/h6-8,11-14,16H,4-5,9-10H2,1-3H3,(H,25,31)(H,26,27,32). The van der Waals surface area contributed by atoms with E-state index in [2.05, 4.69) is 39.3 Å². The van der Waals surface area contributed by atoms with E-state index in [-0.39, 0.29) is 23.3 Å². The molecule has 1 aromatic carbocycles. The SMILES string of the molecule is CCCC(CCC)C(=O)Nc1cc(C)nn1-c1nc2c(cnn2-c2ccccc2)c(=O)[nH]1. The van der Waals surface area contributed by atoms with Gasteiger partial charge in [-0.2, -0.15) is 19.9 Å². The summed E-state index contributed by atoms with van der Waals surface area (Å²) >= 11 is 0. The molecule has 3 heterocycles. The smallest absolute Gasteiger partial charge is 0.263 e. The highest BCUT2D eigenvalue weighted by Gasteiger charge is 2.21. The van der Waals surface area contributed by atoms with Crippen LogP contribution in [0, 0.1) is 12.8 Å². The van der Waals surface area contributed by atoms with Gasteiger partial charge in [0.05, 0.1) is 17.6 Å². The third-order valence-corrected chi connectivity index (χ3v) is 5.35. The van der Waals surface area contributed by atoms with Gasteiger partial charge in [0.25, 0.3) is 5.56 Å². The fourth-order valence-electron chi connectivity index (χ4n) is 3.85. The molecule has 0 spiro atoms. The van der Waals surface area contributed by atoms with Crippen LogP contribution in [-0.4, -0.2) is 35.4 Å². The number of aromatic amines is 1. The van der Waals surface area contributed by atoms with E-state index in [1.807, 2.05) is 37.3 Å². The fraction of sp³-hybridized carbons (Fsp3) is 0.348. The number of carbonyl (C=O) groups excluding carboxylic acids is 1. The Morgan fingerprint density at radius 3 is 2.53 bits per heavy atom. The Labute approximate surface area is 185 Å². The number of aromatic nitrogens is 6. The van der Waals surface area contributed by atoms with Crippen LogP contribution >= 0.6 is 0 Å². The molecule has 0 saturated carbocycles. The van der Waals surface area contributed by atoms with Crippen LogP contribution in [0.2, 0.25) is 0 Å². The number of nitrogens with one attached hydrogen (secondary N) is 2. The molecule has 2 N–H and O–H groups in total. The van der Waals surface area contributed by atoms with E-state index in [1.54, 1.807) is 10.7 Å². The summed E-state index contributed by atoms with van der Waals surface area (Å²) in [5, 5.41) is 12.2. The number of para-hydroxylation sites is 1. The Morgan fingerprint density at radius 1 is 1.12 bits per heavy atom. The molecular weight excluding hydrogens is 406 g/mol. The summed E-state index contributed by atoms with van der Waals surface area (Å²) in [6.45, 7) is 5.97. The quantitative estimate of drug-likeness (QED) is 0.440. The minimum Gasteiger partial charge on any atom is -0.310 e. The van der Waals surface area contributed by atoms with Crippen molar-refractivity contribution in [3.63, 3.8) is 0 Å². The maximum Gasteiger partial charge on any atom is 0.263 e. The second-order valence-electron chi connectivity index (χ2n) is 7.87. The molecular formula is C23H27N7O2. The van der Waals surface area contributed by atoms with Gasteiger partial charge in [-0.3, -0.25) is 14.6 Å². The van der Waals surface area contributed by atoms with Gasteiger partial charge in [0, 0.05) is 12.0 Å². The highest BCUT2D eigenvalue weighted by molar-refractivity contribution is 5.92. The fourth-order valence-corrected chi connectivity index (χ4v) is 3.85. The van der Waals surface area contributed by atoms with E-state index in [0.717, 1.165) is 31.4 Å². The van der Waals surface area contributed by atoms with E-state index in [1.165, 1.54) is 10.9 Å². The third-order valence-electron chi connectivity index (χ3n) is 5.35. The van der Waals surface area contributed by atoms with Crippen molar-refractivity contribution in [3.05, 3.63) is 58.6 Å². The van der Waals surface area contributed by atoms with Crippen molar-refractivity contribution in [1.82, 2.24) is 29.5 Å². The first-order chi connectivity index (χ1) is 15.5. The normalized spacial score (nSPS) is 11.4. The van der Waals surface area contributed by atoms with Crippen molar-refractivity contribution in [3.8, 4) is 11.6 Å². The lowest BCUT2D eigenvalue weighted by atomic mass is 9.97. The first-order valence-corrected chi connectivity index (χ1v) is 10.9. The molecule has 0 aliphatic rings. The zero-order chi connectivity index (χ0) is 22.7. The van der Waals surface area contributed by atoms with E-state index >= 15 is 0 Å². The number of hydrogen-bond donors (Lipinski definition) is 2. The summed E-state index contributed by atoms with van der Waals surface area (Å²) in [4.78, 5) is 33.1. The van der Waals surface area contributed by atoms with E-state index in [9.17, 15) is 9.59 Å². The van der Waals surface area contributed by atoms with Crippen LogP contribution in [0.4, 0.5) is 5.82 Å². The van der Waals surface area contributed by atoms with Crippen LogP contribution in [0.25, 0.3) is 22.7 Å². The summed E-state index contributed by atoms with van der Waals surface area (Å²) in [5.41, 5.74) is 1.57. The van der Waals surface area contributed by atoms with Gasteiger partial charge >= 0.3 is 0 Å². The lowest BCUT2D eigenvalue weighted by Crippen LogP contribution is -2.25. The molecule has 32 heavy (non-hydrogen) atoms. The van der Waals surface area contributed by atoms with Gasteiger partial charge in [-0.15, -0.1) is 0 Å². The zero-order valence-corrected chi connectivity index (χ0v) is 18.5. The van der Waals surface area contributed by atoms with E-state index in [0.29, 0.717) is 22.5 Å². The Hall–Kier alpha value is -3.75. The number of H-pyrrole nitrogens is 1. The topological polar surface area (TPSA) is 110 Å². The molecule has 4 aromatic rings. The predicted octanol–water partition coefficient (Wildman–Crippen LogP) is 3.76. The second kappa shape index (κ2) is 9.17. The number of fused-ring (bicyclic) bond motifs is 1. The van der Waals surface area contributed by atoms with Gasteiger partial charge < -0.3 is 5.32 Å². The Morgan fingerprint density at radius 2 is 1.84 bits per heavy atom. The Kier molecular flexibility index (Phi) is 6.16. The molecule has 0 bridgehead atoms. The molecule has 4 rings (SSSR count). The Balaban J connectivity index is 1.75. The van der Waals surface area contributed by atoms with E-state index in [4.69, 9.17) is 0 Å². The van der Waals surface area contributed by atoms with Crippen molar-refractivity contribution in [1.29, 1.82) is 0 Å². The summed E-state index contributed by atoms with van der Waals surface area (Å²) in [6.07, 6.45) is 5.01. The summed E-state index contributed by atoms with van der Waals surface area (Å²) in [6, 6.07) is 11.2. The maximum absolute atomic E-state index is 12.9. The average Bonchev–Trinajstić information content (AvgIpc) is 3.37. The van der Waals surface area contributed by atoms with Crippen LogP contribution in [0.5, 0.6) is 0 Å². The van der Waals surface area contributed by atoms with Crippen LogP contribution in [0.1, 0.15) is 45.2 Å². The number of rotatable bonds is 8. The minimum absolute atomic E-state index is 0.0485. The number of nitrogens with zero attached hydrogens (tertiary/aromatic N) is 5. The third kappa shape index (κ3) is 4.18. The van der Waals surface area contributed by atoms with Crippen LogP contribution in [0.15, 0.2) is 47.4 Å². The van der Waals surface area contributed by atoms with Crippen molar-refractivity contribution in [2.24, 2.45) is 5.92 Å². The second-order valence-corrected chi connectivity index (χ2v) is 7.87. The molecule has 0 saturated heterocycles. The summed E-state index contributed by atoms with van der Waals surface area (Å²) < 4.78 is 3.08. The first-order valence-electron chi connectivity index (χ1n) is 10.9. The monoisotopic (exact) mass is 433 g/mol. The van der Waals surface area contributed by atoms with Crippen molar-refractivity contribution in [2.45, 2.75) is 46.5 Å². The van der Waals surface area contributed by atoms with Crippen LogP contribution in [0.3, 0.4) is 0 Å². The lowest BCUT2D eigenvalue weighted by Gasteiger charge is -2.15. The summed E-state index contributed by atoms with van der Waals surface area (Å²) in [5.74, 6) is 0.569. The molecule has 166 valence electrons. The van der Waals surface area contributed by atoms with Gasteiger partial charge in [-0.05, 0) is 31.9 Å². The molecule has 0 aliphatic heterocycles. The molecule has 0 unspecified atom stereocenters. The number of anilines is 1. The van der Waals surface area contributed by atoms with Crippen molar-refractivity contribution < 1.29 is 4.79 Å². The minimum atomic E-state index is -0.326. The lowest BCUT2D eigenvalue weighted by molar-refractivity contribution is -0.120. The van der Waals surface area contributed by atoms with Crippen molar-refractivity contribution >= 4 is 22.8 Å². The molecule has 0 atom stereocenters. The number of aryl methyl sites for hydroxylation is 1. The van der Waals surface area contributed by atoms with Gasteiger partial charge in [-0.25, -0.2) is 4.68 Å². The van der Waals surface area contributed by atoms with Crippen LogP contribution < -0.4 is 10.9 Å². The molecule has 0 fully saturated rings. The van der Waals surface area contributed by atoms with Crippen molar-refractivity contribution in [2.75, 3.05) is 5.32 Å². The number of carbonyl (C=O) groups is 1. The molecule has 9 nitrogen and oxygen atoms in total. The van der Waals surface area contributed by atoms with Gasteiger partial charge in [-0.1, -0.05) is 44.9 Å². The van der Waals surface area contributed by atoms with E-state index < -0.39 is 0 Å². The Bertz CT molecular complexity index is 1280. The summed E-state index contributed by atoms with van der Waals surface area (Å²) in [7, 11) is 0. The van der Waals surface area contributed by atoms with Gasteiger partial charge in [0.2, 0.25) is 11.9 Å². The maximum atomic E-state index is 12.9. The largest absolute Gasteiger partial charge is 0.310 e. The predicted molar refractivity (Wildman–Crippen MR) is 123 cm³/mol. The highest BCUT2D eigenvalue weighted by Crippen LogP contribution is 2.20. The van der Waals surface area contributed by atoms with Crippen LogP contribution in [-0.2, 0) is 4.79 Å². The average molecular weight is 434 g/mol. The molecule has 0 radical (unpaired) electrons. The van der Waals surface area contributed by atoms with Gasteiger partial charge in [0.1, 0.15) is 11.2 Å². The molecule has 3 aromatic heterocycles. The molecule has 0 aliphatic carbocycles. The molecule has 1 amide bonds. The highest BCUT2D eigenvalue weighted by atomic mass is 16.2. The number of hydrogen-bond acceptors (Lipinski definition) is 5. The zero-order valence-electron chi connectivity index (χ0n) is 18.5. The molecule has 9 heteroatoms.